The smallest absolute Gasteiger partial charge is 0.315 e. The van der Waals surface area contributed by atoms with E-state index in [4.69, 9.17) is 16.7 Å². The fraction of sp³-hybridized carbons (Fsp3) is 0.200. The second-order valence-corrected chi connectivity index (χ2v) is 4.56. The molecule has 0 aliphatic rings. The molecule has 0 saturated carbocycles. The van der Waals surface area contributed by atoms with Gasteiger partial charge >= 0.3 is 5.97 Å². The first-order valence-electron chi connectivity index (χ1n) is 4.51. The molecular formula is C10H8BrClFNO3. The fourth-order valence-corrected chi connectivity index (χ4v) is 1.90. The van der Waals surface area contributed by atoms with Gasteiger partial charge in [-0.1, -0.05) is 11.6 Å². The quantitative estimate of drug-likeness (QED) is 0.840. The average molecular weight is 325 g/mol. The molecule has 0 heterocycles. The predicted molar refractivity (Wildman–Crippen MR) is 64.5 cm³/mol. The number of carboxylic acids is 1. The third kappa shape index (κ3) is 3.41. The molecule has 1 unspecified atom stereocenters. The molecule has 0 fully saturated rings. The lowest BCUT2D eigenvalue weighted by Crippen LogP contribution is -2.27. The zero-order chi connectivity index (χ0) is 13.2. The number of amides is 1. The van der Waals surface area contributed by atoms with Crippen molar-refractivity contribution in [3.8, 4) is 0 Å². The molecule has 1 amide bonds. The van der Waals surface area contributed by atoms with Crippen LogP contribution in [0.5, 0.6) is 0 Å². The van der Waals surface area contributed by atoms with Gasteiger partial charge in [-0.05, 0) is 35.0 Å². The van der Waals surface area contributed by atoms with Crippen LogP contribution in [0.3, 0.4) is 0 Å². The van der Waals surface area contributed by atoms with Gasteiger partial charge in [-0.15, -0.1) is 0 Å². The zero-order valence-corrected chi connectivity index (χ0v) is 11.0. The number of halogens is 3. The van der Waals surface area contributed by atoms with Crippen molar-refractivity contribution in [2.24, 2.45) is 5.92 Å². The van der Waals surface area contributed by atoms with Crippen molar-refractivity contribution in [3.05, 3.63) is 27.4 Å². The molecule has 1 aromatic carbocycles. The van der Waals surface area contributed by atoms with Crippen molar-refractivity contribution in [3.63, 3.8) is 0 Å². The first-order chi connectivity index (χ1) is 7.82. The summed E-state index contributed by atoms with van der Waals surface area (Å²) in [5.74, 6) is -3.77. The van der Waals surface area contributed by atoms with Crippen molar-refractivity contribution in [1.29, 1.82) is 0 Å². The highest BCUT2D eigenvalue weighted by atomic mass is 79.9. The number of nitrogens with one attached hydrogen (secondary N) is 1. The third-order valence-electron chi connectivity index (χ3n) is 2.02. The zero-order valence-electron chi connectivity index (χ0n) is 8.63. The van der Waals surface area contributed by atoms with Crippen LogP contribution in [0.15, 0.2) is 16.6 Å². The maximum Gasteiger partial charge on any atom is 0.315 e. The Morgan fingerprint density at radius 1 is 1.53 bits per heavy atom. The second kappa shape index (κ2) is 5.46. The lowest BCUT2D eigenvalue weighted by atomic mass is 10.1. The molecule has 1 aromatic rings. The summed E-state index contributed by atoms with van der Waals surface area (Å²) < 4.78 is 13.2. The summed E-state index contributed by atoms with van der Waals surface area (Å²) in [5, 5.41) is 11.0. The van der Waals surface area contributed by atoms with Crippen molar-refractivity contribution < 1.29 is 19.1 Å². The van der Waals surface area contributed by atoms with Crippen molar-refractivity contribution in [1.82, 2.24) is 0 Å². The van der Waals surface area contributed by atoms with Crippen LogP contribution in [0.2, 0.25) is 5.02 Å². The van der Waals surface area contributed by atoms with E-state index >= 15 is 0 Å². The van der Waals surface area contributed by atoms with Crippen molar-refractivity contribution >= 4 is 45.1 Å². The van der Waals surface area contributed by atoms with Gasteiger partial charge in [0.25, 0.3) is 0 Å². The molecule has 92 valence electrons. The van der Waals surface area contributed by atoms with Gasteiger partial charge in [0.15, 0.2) is 0 Å². The van der Waals surface area contributed by atoms with Crippen LogP contribution >= 0.6 is 27.5 Å². The minimum atomic E-state index is -1.25. The normalized spacial score (nSPS) is 12.0. The summed E-state index contributed by atoms with van der Waals surface area (Å²) >= 11 is 8.76. The Hall–Kier alpha value is -1.14. The number of aliphatic carboxylic acids is 1. The minimum absolute atomic E-state index is 0.0113. The van der Waals surface area contributed by atoms with Gasteiger partial charge in [0.2, 0.25) is 5.91 Å². The number of carbonyl (C=O) groups excluding carboxylic acids is 1. The summed E-state index contributed by atoms with van der Waals surface area (Å²) in [7, 11) is 0. The molecule has 0 aliphatic carbocycles. The Labute approximate surface area is 110 Å². The maximum atomic E-state index is 12.9. The van der Waals surface area contributed by atoms with E-state index in [0.717, 1.165) is 12.1 Å². The van der Waals surface area contributed by atoms with Gasteiger partial charge in [0.05, 0.1) is 10.7 Å². The number of rotatable bonds is 3. The Morgan fingerprint density at radius 3 is 2.59 bits per heavy atom. The molecule has 0 radical (unpaired) electrons. The van der Waals surface area contributed by atoms with E-state index in [1.807, 2.05) is 0 Å². The largest absolute Gasteiger partial charge is 0.481 e. The monoisotopic (exact) mass is 323 g/mol. The first kappa shape index (κ1) is 13.9. The maximum absolute atomic E-state index is 12.9. The van der Waals surface area contributed by atoms with Crippen LogP contribution in [0, 0.1) is 11.7 Å². The molecule has 17 heavy (non-hydrogen) atoms. The van der Waals surface area contributed by atoms with E-state index in [2.05, 4.69) is 21.2 Å². The number of carbonyl (C=O) groups is 2. The predicted octanol–water partition coefficient (Wildman–Crippen LogP) is 2.90. The summed E-state index contributed by atoms with van der Waals surface area (Å²) in [6.07, 6.45) is 0. The molecule has 1 rings (SSSR count). The van der Waals surface area contributed by atoms with Crippen LogP contribution in [0.4, 0.5) is 10.1 Å². The van der Waals surface area contributed by atoms with Crippen molar-refractivity contribution in [2.45, 2.75) is 6.92 Å². The van der Waals surface area contributed by atoms with Crippen LogP contribution < -0.4 is 5.32 Å². The highest BCUT2D eigenvalue weighted by Gasteiger charge is 2.22. The SMILES string of the molecule is CC(C(=O)O)C(=O)Nc1c(Cl)cc(F)cc1Br. The molecule has 1 atom stereocenters. The number of hydrogen-bond acceptors (Lipinski definition) is 2. The molecule has 0 bridgehead atoms. The summed E-state index contributed by atoms with van der Waals surface area (Å²) in [5.41, 5.74) is 0.145. The highest BCUT2D eigenvalue weighted by molar-refractivity contribution is 9.10. The van der Waals surface area contributed by atoms with Gasteiger partial charge in [0.1, 0.15) is 11.7 Å². The van der Waals surface area contributed by atoms with Crippen LogP contribution in [-0.4, -0.2) is 17.0 Å². The van der Waals surface area contributed by atoms with E-state index in [1.54, 1.807) is 0 Å². The molecule has 0 aliphatic heterocycles. The van der Waals surface area contributed by atoms with Gasteiger partial charge in [-0.25, -0.2) is 4.39 Å². The van der Waals surface area contributed by atoms with Crippen LogP contribution in [-0.2, 0) is 9.59 Å². The Morgan fingerprint density at radius 2 is 2.12 bits per heavy atom. The number of benzene rings is 1. The topological polar surface area (TPSA) is 66.4 Å². The van der Waals surface area contributed by atoms with Gasteiger partial charge in [0, 0.05) is 4.47 Å². The minimum Gasteiger partial charge on any atom is -0.481 e. The molecule has 0 spiro atoms. The number of anilines is 1. The summed E-state index contributed by atoms with van der Waals surface area (Å²) in [6, 6.07) is 2.14. The van der Waals surface area contributed by atoms with Crippen LogP contribution in [0.25, 0.3) is 0 Å². The van der Waals surface area contributed by atoms with E-state index in [0.29, 0.717) is 0 Å². The third-order valence-corrected chi connectivity index (χ3v) is 2.94. The molecule has 0 saturated heterocycles. The van der Waals surface area contributed by atoms with E-state index in [-0.39, 0.29) is 15.2 Å². The van der Waals surface area contributed by atoms with Crippen LogP contribution in [0.1, 0.15) is 6.92 Å². The fourth-order valence-electron chi connectivity index (χ4n) is 1.01. The molecular weight excluding hydrogens is 316 g/mol. The number of carboxylic acid groups (broad SMARTS) is 1. The first-order valence-corrected chi connectivity index (χ1v) is 5.68. The summed E-state index contributed by atoms with van der Waals surface area (Å²) in [4.78, 5) is 22.1. The lowest BCUT2D eigenvalue weighted by Gasteiger charge is -2.11. The lowest BCUT2D eigenvalue weighted by molar-refractivity contribution is -0.144. The van der Waals surface area contributed by atoms with E-state index in [1.165, 1.54) is 6.92 Å². The molecule has 2 N–H and O–H groups in total. The van der Waals surface area contributed by atoms with Crippen molar-refractivity contribution in [2.75, 3.05) is 5.32 Å². The molecule has 7 heteroatoms. The van der Waals surface area contributed by atoms with Gasteiger partial charge < -0.3 is 10.4 Å². The Kier molecular flexibility index (Phi) is 4.47. The highest BCUT2D eigenvalue weighted by Crippen LogP contribution is 2.31. The van der Waals surface area contributed by atoms with E-state index < -0.39 is 23.6 Å². The average Bonchev–Trinajstić information content (AvgIpc) is 2.21. The van der Waals surface area contributed by atoms with E-state index in [9.17, 15) is 14.0 Å². The Balaban J connectivity index is 2.96. The van der Waals surface area contributed by atoms with Gasteiger partial charge in [-0.2, -0.15) is 0 Å². The molecule has 4 nitrogen and oxygen atoms in total. The second-order valence-electron chi connectivity index (χ2n) is 3.29. The van der Waals surface area contributed by atoms with Gasteiger partial charge in [-0.3, -0.25) is 9.59 Å². The number of hydrogen-bond donors (Lipinski definition) is 2. The standard InChI is InChI=1S/C10H8BrClFNO3/c1-4(10(16)17)9(15)14-8-6(11)2-5(13)3-7(8)12/h2-4H,1H3,(H,14,15)(H,16,17). The summed E-state index contributed by atoms with van der Waals surface area (Å²) in [6.45, 7) is 1.24. The Bertz CT molecular complexity index is 458. The molecule has 0 aromatic heterocycles.